The number of ether oxygens (including phenoxy) is 2. The Labute approximate surface area is 94.6 Å². The Hall–Kier alpha value is -0.930. The van der Waals surface area contributed by atoms with Crippen molar-refractivity contribution < 1.29 is 14.6 Å². The summed E-state index contributed by atoms with van der Waals surface area (Å²) in [5, 5.41) is 9.45. The zero-order valence-electron chi connectivity index (χ0n) is 8.81. The summed E-state index contributed by atoms with van der Waals surface area (Å²) in [5.74, 6) is 1.14. The number of rotatable bonds is 5. The van der Waals surface area contributed by atoms with E-state index in [1.807, 2.05) is 19.1 Å². The average Bonchev–Trinajstić information content (AvgIpc) is 2.28. The van der Waals surface area contributed by atoms with Gasteiger partial charge in [0.1, 0.15) is 6.10 Å². The molecule has 0 saturated carbocycles. The summed E-state index contributed by atoms with van der Waals surface area (Å²) in [6.07, 6.45) is -0.139. The van der Waals surface area contributed by atoms with Crippen LogP contribution in [0.4, 0.5) is 0 Å². The molecule has 0 aliphatic heterocycles. The first-order valence-corrected chi connectivity index (χ1v) is 5.24. The Morgan fingerprint density at radius 2 is 1.93 bits per heavy atom. The van der Waals surface area contributed by atoms with Crippen LogP contribution in [-0.2, 0) is 0 Å². The third kappa shape index (κ3) is 3.29. The molecular weight excluding hydrogens is 216 g/mol. The summed E-state index contributed by atoms with van der Waals surface area (Å²) < 4.78 is 10.5. The largest absolute Gasteiger partial charge is 0.493 e. The molecule has 0 aliphatic carbocycles. The van der Waals surface area contributed by atoms with Gasteiger partial charge in [-0.1, -0.05) is 30.7 Å². The van der Waals surface area contributed by atoms with E-state index < -0.39 is 11.7 Å². The highest BCUT2D eigenvalue weighted by Crippen LogP contribution is 2.28. The fraction of sp³-hybridized carbons (Fsp3) is 0.455. The summed E-state index contributed by atoms with van der Waals surface area (Å²) in [5.41, 5.74) is -0.758. The van der Waals surface area contributed by atoms with Crippen LogP contribution in [0.15, 0.2) is 24.3 Å². The van der Waals surface area contributed by atoms with Gasteiger partial charge in [-0.3, -0.25) is 0 Å². The number of methoxy groups -OCH3 is 1. The molecule has 1 aromatic carbocycles. The first kappa shape index (κ1) is 12.1. The standard InChI is InChI=1S/C11H15ClO3/c1-3-8(13)11(12)15-10-7-5-4-6-9(10)14-2/h4-8,11,13H,3H2,1-2H3. The highest BCUT2D eigenvalue weighted by molar-refractivity contribution is 6.20. The summed E-state index contributed by atoms with van der Waals surface area (Å²) in [4.78, 5) is 0. The molecule has 15 heavy (non-hydrogen) atoms. The summed E-state index contributed by atoms with van der Waals surface area (Å²) in [7, 11) is 1.56. The van der Waals surface area contributed by atoms with Crippen molar-refractivity contribution in [3.63, 3.8) is 0 Å². The highest BCUT2D eigenvalue weighted by Gasteiger charge is 2.17. The van der Waals surface area contributed by atoms with Crippen molar-refractivity contribution in [3.05, 3.63) is 24.3 Å². The van der Waals surface area contributed by atoms with Crippen LogP contribution in [-0.4, -0.2) is 23.9 Å². The molecule has 2 unspecified atom stereocenters. The molecule has 0 heterocycles. The average molecular weight is 231 g/mol. The lowest BCUT2D eigenvalue weighted by Crippen LogP contribution is -2.25. The number of para-hydroxylation sites is 2. The first-order chi connectivity index (χ1) is 7.19. The minimum atomic E-state index is -0.758. The third-order valence-electron chi connectivity index (χ3n) is 2.03. The molecule has 4 heteroatoms. The van der Waals surface area contributed by atoms with Crippen LogP contribution in [0, 0.1) is 0 Å². The molecule has 1 N–H and O–H groups in total. The maximum absolute atomic E-state index is 9.45. The maximum atomic E-state index is 9.45. The monoisotopic (exact) mass is 230 g/mol. The van der Waals surface area contributed by atoms with Gasteiger partial charge in [0.05, 0.1) is 7.11 Å². The molecule has 84 valence electrons. The topological polar surface area (TPSA) is 38.7 Å². The number of aliphatic hydroxyl groups excluding tert-OH is 1. The van der Waals surface area contributed by atoms with E-state index in [0.717, 1.165) is 0 Å². The number of aliphatic hydroxyl groups is 1. The van der Waals surface area contributed by atoms with E-state index in [1.54, 1.807) is 19.2 Å². The second-order valence-electron chi connectivity index (χ2n) is 3.10. The zero-order chi connectivity index (χ0) is 11.3. The van der Waals surface area contributed by atoms with E-state index in [0.29, 0.717) is 17.9 Å². The first-order valence-electron chi connectivity index (χ1n) is 4.80. The molecule has 0 aromatic heterocycles. The number of hydrogen-bond acceptors (Lipinski definition) is 3. The van der Waals surface area contributed by atoms with Crippen LogP contribution in [0.2, 0.25) is 0 Å². The van der Waals surface area contributed by atoms with Gasteiger partial charge in [0, 0.05) is 0 Å². The Morgan fingerprint density at radius 3 is 2.47 bits per heavy atom. The van der Waals surface area contributed by atoms with E-state index in [9.17, 15) is 5.11 Å². The predicted octanol–water partition coefficient (Wildman–Crippen LogP) is 2.41. The highest BCUT2D eigenvalue weighted by atomic mass is 35.5. The van der Waals surface area contributed by atoms with Crippen molar-refractivity contribution in [3.8, 4) is 11.5 Å². The Kier molecular flexibility index (Phi) is 4.72. The number of alkyl halides is 1. The van der Waals surface area contributed by atoms with Crippen molar-refractivity contribution in [2.45, 2.75) is 25.0 Å². The fourth-order valence-electron chi connectivity index (χ4n) is 1.10. The van der Waals surface area contributed by atoms with Gasteiger partial charge in [0.15, 0.2) is 17.1 Å². The quantitative estimate of drug-likeness (QED) is 0.790. The van der Waals surface area contributed by atoms with Crippen LogP contribution in [0.25, 0.3) is 0 Å². The van der Waals surface area contributed by atoms with Crippen LogP contribution in [0.1, 0.15) is 13.3 Å². The molecule has 0 saturated heterocycles. The van der Waals surface area contributed by atoms with Crippen LogP contribution < -0.4 is 9.47 Å². The van der Waals surface area contributed by atoms with Gasteiger partial charge in [0.25, 0.3) is 0 Å². The molecule has 3 nitrogen and oxygen atoms in total. The molecule has 1 aromatic rings. The van der Waals surface area contributed by atoms with E-state index in [-0.39, 0.29) is 0 Å². The molecule has 2 atom stereocenters. The smallest absolute Gasteiger partial charge is 0.197 e. The fourth-order valence-corrected chi connectivity index (χ4v) is 1.38. The zero-order valence-corrected chi connectivity index (χ0v) is 9.57. The molecular formula is C11H15ClO3. The molecule has 0 amide bonds. The van der Waals surface area contributed by atoms with E-state index in [4.69, 9.17) is 21.1 Å². The van der Waals surface area contributed by atoms with Crippen LogP contribution in [0.3, 0.4) is 0 Å². The lowest BCUT2D eigenvalue weighted by Gasteiger charge is -2.18. The van der Waals surface area contributed by atoms with Crippen molar-refractivity contribution in [1.82, 2.24) is 0 Å². The molecule has 0 radical (unpaired) electrons. The lowest BCUT2D eigenvalue weighted by atomic mass is 10.3. The van der Waals surface area contributed by atoms with Crippen LogP contribution in [0.5, 0.6) is 11.5 Å². The number of hydrogen-bond donors (Lipinski definition) is 1. The third-order valence-corrected chi connectivity index (χ3v) is 2.41. The van der Waals surface area contributed by atoms with Gasteiger partial charge in [0.2, 0.25) is 0 Å². The second kappa shape index (κ2) is 5.83. The van der Waals surface area contributed by atoms with Crippen molar-refractivity contribution in [1.29, 1.82) is 0 Å². The minimum absolute atomic E-state index is 0.535. The predicted molar refractivity (Wildman–Crippen MR) is 59.6 cm³/mol. The molecule has 0 bridgehead atoms. The maximum Gasteiger partial charge on any atom is 0.197 e. The minimum Gasteiger partial charge on any atom is -0.493 e. The lowest BCUT2D eigenvalue weighted by molar-refractivity contribution is 0.0784. The van der Waals surface area contributed by atoms with Crippen molar-refractivity contribution in [2.75, 3.05) is 7.11 Å². The number of halogens is 1. The second-order valence-corrected chi connectivity index (χ2v) is 3.53. The van der Waals surface area contributed by atoms with Gasteiger partial charge in [-0.25, -0.2) is 0 Å². The summed E-state index contributed by atoms with van der Waals surface area (Å²) >= 11 is 5.87. The molecule has 0 spiro atoms. The summed E-state index contributed by atoms with van der Waals surface area (Å²) in [6, 6.07) is 7.18. The van der Waals surface area contributed by atoms with E-state index in [1.165, 1.54) is 0 Å². The van der Waals surface area contributed by atoms with Crippen LogP contribution >= 0.6 is 11.6 Å². The van der Waals surface area contributed by atoms with Gasteiger partial charge >= 0.3 is 0 Å². The Bertz CT molecular complexity index is 304. The Balaban J connectivity index is 2.71. The molecule has 1 rings (SSSR count). The van der Waals surface area contributed by atoms with Gasteiger partial charge in [-0.15, -0.1) is 0 Å². The summed E-state index contributed by atoms with van der Waals surface area (Å²) in [6.45, 7) is 1.84. The van der Waals surface area contributed by atoms with Gasteiger partial charge < -0.3 is 14.6 Å². The van der Waals surface area contributed by atoms with E-state index in [2.05, 4.69) is 0 Å². The molecule has 0 fully saturated rings. The van der Waals surface area contributed by atoms with E-state index >= 15 is 0 Å². The molecule has 0 aliphatic rings. The van der Waals surface area contributed by atoms with Gasteiger partial charge in [-0.05, 0) is 18.6 Å². The normalized spacial score (nSPS) is 14.4. The van der Waals surface area contributed by atoms with Crippen molar-refractivity contribution in [2.24, 2.45) is 0 Å². The van der Waals surface area contributed by atoms with Gasteiger partial charge in [-0.2, -0.15) is 0 Å². The SMILES string of the molecule is CCC(O)C(Cl)Oc1ccccc1OC. The Morgan fingerprint density at radius 1 is 1.33 bits per heavy atom. The van der Waals surface area contributed by atoms with Crippen molar-refractivity contribution >= 4 is 11.6 Å². The number of benzene rings is 1.